The average Bonchev–Trinajstić information content (AvgIpc) is 2.38. The fraction of sp³-hybridized carbons (Fsp3) is 0.500. The molecule has 1 aliphatic heterocycles. The Morgan fingerprint density at radius 1 is 1.42 bits per heavy atom. The first-order valence-electron chi connectivity index (χ1n) is 6.38. The first kappa shape index (κ1) is 15.8. The Bertz CT molecular complexity index is 436. The summed E-state index contributed by atoms with van der Waals surface area (Å²) in [4.78, 5) is 16.4. The van der Waals surface area contributed by atoms with E-state index in [1.54, 1.807) is 0 Å². The van der Waals surface area contributed by atoms with Crippen molar-refractivity contribution in [2.24, 2.45) is 0 Å². The highest BCUT2D eigenvalue weighted by Crippen LogP contribution is 2.16. The van der Waals surface area contributed by atoms with E-state index in [-0.39, 0.29) is 24.4 Å². The molecule has 1 fully saturated rings. The van der Waals surface area contributed by atoms with Crippen LogP contribution in [0.25, 0.3) is 0 Å². The van der Waals surface area contributed by atoms with Gasteiger partial charge in [-0.05, 0) is 25.1 Å². The number of halogens is 1. The van der Waals surface area contributed by atoms with Gasteiger partial charge in [-0.15, -0.1) is 12.4 Å². The zero-order valence-electron chi connectivity index (χ0n) is 11.7. The van der Waals surface area contributed by atoms with Gasteiger partial charge in [0.2, 0.25) is 0 Å². The maximum Gasteiger partial charge on any atom is 0.254 e. The number of benzene rings is 1. The van der Waals surface area contributed by atoms with Crippen molar-refractivity contribution < 1.29 is 4.79 Å². The summed E-state index contributed by atoms with van der Waals surface area (Å²) in [7, 11) is 3.97. The zero-order chi connectivity index (χ0) is 13.1. The molecule has 2 rings (SSSR count). The van der Waals surface area contributed by atoms with Crippen LogP contribution < -0.4 is 10.2 Å². The van der Waals surface area contributed by atoms with Crippen LogP contribution in [0.3, 0.4) is 0 Å². The van der Waals surface area contributed by atoms with E-state index in [1.165, 1.54) is 0 Å². The maximum atomic E-state index is 12.5. The summed E-state index contributed by atoms with van der Waals surface area (Å²) in [5.74, 6) is 0.132. The molecule has 1 amide bonds. The van der Waals surface area contributed by atoms with Crippen molar-refractivity contribution in [3.63, 3.8) is 0 Å². The Hall–Kier alpha value is -1.26. The molecule has 0 aromatic heterocycles. The van der Waals surface area contributed by atoms with Crippen LogP contribution in [0.1, 0.15) is 17.3 Å². The molecule has 1 atom stereocenters. The number of carbonyl (C=O) groups is 1. The highest BCUT2D eigenvalue weighted by atomic mass is 35.5. The van der Waals surface area contributed by atoms with Crippen molar-refractivity contribution >= 4 is 24.0 Å². The Morgan fingerprint density at radius 2 is 2.16 bits per heavy atom. The summed E-state index contributed by atoms with van der Waals surface area (Å²) in [6.07, 6.45) is 0. The summed E-state index contributed by atoms with van der Waals surface area (Å²) >= 11 is 0. The normalized spacial score (nSPS) is 18.7. The molecule has 5 heteroatoms. The predicted octanol–water partition coefficient (Wildman–Crippen LogP) is 1.61. The molecular weight excluding hydrogens is 262 g/mol. The molecule has 1 saturated heterocycles. The van der Waals surface area contributed by atoms with Crippen molar-refractivity contribution in [1.29, 1.82) is 0 Å². The lowest BCUT2D eigenvalue weighted by molar-refractivity contribution is 0.0656. The predicted molar refractivity (Wildman–Crippen MR) is 81.4 cm³/mol. The van der Waals surface area contributed by atoms with E-state index in [0.29, 0.717) is 0 Å². The molecule has 0 bridgehead atoms. The molecule has 1 aromatic carbocycles. The van der Waals surface area contributed by atoms with Gasteiger partial charge in [-0.25, -0.2) is 0 Å². The number of piperazine rings is 1. The quantitative estimate of drug-likeness (QED) is 0.896. The molecule has 1 aromatic rings. The molecule has 19 heavy (non-hydrogen) atoms. The van der Waals surface area contributed by atoms with E-state index in [0.717, 1.165) is 30.9 Å². The molecule has 0 aliphatic carbocycles. The van der Waals surface area contributed by atoms with E-state index in [1.807, 2.05) is 48.2 Å². The third-order valence-electron chi connectivity index (χ3n) is 3.37. The van der Waals surface area contributed by atoms with Crippen LogP contribution in [0.4, 0.5) is 5.69 Å². The van der Waals surface area contributed by atoms with Gasteiger partial charge in [-0.3, -0.25) is 4.79 Å². The Labute approximate surface area is 121 Å². The highest BCUT2D eigenvalue weighted by molar-refractivity contribution is 5.95. The Morgan fingerprint density at radius 3 is 2.79 bits per heavy atom. The molecule has 1 unspecified atom stereocenters. The largest absolute Gasteiger partial charge is 0.378 e. The lowest BCUT2D eigenvalue weighted by atomic mass is 10.1. The molecule has 0 spiro atoms. The molecule has 1 aliphatic rings. The number of hydrogen-bond acceptors (Lipinski definition) is 3. The van der Waals surface area contributed by atoms with Crippen LogP contribution in [0, 0.1) is 0 Å². The van der Waals surface area contributed by atoms with Crippen molar-refractivity contribution in [3.8, 4) is 0 Å². The molecule has 4 nitrogen and oxygen atoms in total. The molecular formula is C14H22ClN3O. The van der Waals surface area contributed by atoms with Gasteiger partial charge in [-0.2, -0.15) is 0 Å². The molecule has 106 valence electrons. The van der Waals surface area contributed by atoms with Crippen molar-refractivity contribution in [3.05, 3.63) is 29.8 Å². The van der Waals surface area contributed by atoms with Crippen molar-refractivity contribution in [1.82, 2.24) is 10.2 Å². The number of anilines is 1. The summed E-state index contributed by atoms with van der Waals surface area (Å²) in [5, 5.41) is 3.30. The number of amides is 1. The minimum atomic E-state index is 0. The van der Waals surface area contributed by atoms with E-state index in [2.05, 4.69) is 12.2 Å². The van der Waals surface area contributed by atoms with Crippen LogP contribution in [-0.4, -0.2) is 50.6 Å². The van der Waals surface area contributed by atoms with E-state index in [9.17, 15) is 4.79 Å². The maximum absolute atomic E-state index is 12.5. The van der Waals surface area contributed by atoms with E-state index < -0.39 is 0 Å². The number of nitrogens with zero attached hydrogens (tertiary/aromatic N) is 2. The third kappa shape index (κ3) is 3.61. The van der Waals surface area contributed by atoms with Crippen molar-refractivity contribution in [2.75, 3.05) is 38.6 Å². The zero-order valence-corrected chi connectivity index (χ0v) is 12.5. The fourth-order valence-corrected chi connectivity index (χ4v) is 2.23. The SMILES string of the molecule is CC1CNCCN1C(=O)c1cccc(N(C)C)c1.Cl. The first-order chi connectivity index (χ1) is 8.59. The van der Waals surface area contributed by atoms with E-state index in [4.69, 9.17) is 0 Å². The van der Waals surface area contributed by atoms with Gasteiger partial charge in [0.25, 0.3) is 5.91 Å². The molecule has 1 heterocycles. The summed E-state index contributed by atoms with van der Waals surface area (Å²) in [6, 6.07) is 8.06. The second-order valence-corrected chi connectivity index (χ2v) is 5.00. The Kier molecular flexibility index (Phi) is 5.63. The van der Waals surface area contributed by atoms with Gasteiger partial charge >= 0.3 is 0 Å². The topological polar surface area (TPSA) is 35.6 Å². The Balaban J connectivity index is 0.00000180. The number of nitrogens with one attached hydrogen (secondary N) is 1. The molecule has 0 saturated carbocycles. The van der Waals surface area contributed by atoms with Gasteiger partial charge in [0.15, 0.2) is 0 Å². The lowest BCUT2D eigenvalue weighted by Gasteiger charge is -2.34. The number of hydrogen-bond donors (Lipinski definition) is 1. The summed E-state index contributed by atoms with van der Waals surface area (Å²) < 4.78 is 0. The van der Waals surface area contributed by atoms with E-state index >= 15 is 0 Å². The van der Waals surface area contributed by atoms with Crippen LogP contribution >= 0.6 is 12.4 Å². The third-order valence-corrected chi connectivity index (χ3v) is 3.37. The minimum absolute atomic E-state index is 0. The first-order valence-corrected chi connectivity index (χ1v) is 6.38. The van der Waals surface area contributed by atoms with Crippen LogP contribution in [0.5, 0.6) is 0 Å². The number of rotatable bonds is 2. The highest BCUT2D eigenvalue weighted by Gasteiger charge is 2.24. The van der Waals surface area contributed by atoms with Gasteiger partial charge in [0.05, 0.1) is 0 Å². The van der Waals surface area contributed by atoms with Crippen LogP contribution in [0.2, 0.25) is 0 Å². The van der Waals surface area contributed by atoms with Gasteiger partial charge in [-0.1, -0.05) is 6.07 Å². The van der Waals surface area contributed by atoms with Gasteiger partial charge < -0.3 is 15.1 Å². The average molecular weight is 284 g/mol. The van der Waals surface area contributed by atoms with Crippen molar-refractivity contribution in [2.45, 2.75) is 13.0 Å². The summed E-state index contributed by atoms with van der Waals surface area (Å²) in [6.45, 7) is 4.62. The second kappa shape index (κ2) is 6.78. The number of carbonyl (C=O) groups excluding carboxylic acids is 1. The van der Waals surface area contributed by atoms with Crippen LogP contribution in [-0.2, 0) is 0 Å². The smallest absolute Gasteiger partial charge is 0.254 e. The summed E-state index contributed by atoms with van der Waals surface area (Å²) in [5.41, 5.74) is 1.83. The fourth-order valence-electron chi connectivity index (χ4n) is 2.23. The second-order valence-electron chi connectivity index (χ2n) is 5.00. The van der Waals surface area contributed by atoms with Gasteiger partial charge in [0, 0.05) is 51.0 Å². The molecule has 1 N–H and O–H groups in total. The lowest BCUT2D eigenvalue weighted by Crippen LogP contribution is -2.52. The standard InChI is InChI=1S/C14H21N3O.ClH/c1-11-10-15-7-8-17(11)14(18)12-5-4-6-13(9-12)16(2)3;/h4-6,9,11,15H,7-8,10H2,1-3H3;1H. The minimum Gasteiger partial charge on any atom is -0.378 e. The monoisotopic (exact) mass is 283 g/mol. The van der Waals surface area contributed by atoms with Crippen LogP contribution in [0.15, 0.2) is 24.3 Å². The molecule has 0 radical (unpaired) electrons. The van der Waals surface area contributed by atoms with Gasteiger partial charge in [0.1, 0.15) is 0 Å².